The first-order valence-corrected chi connectivity index (χ1v) is 8.32. The first-order chi connectivity index (χ1) is 9.70. The van der Waals surface area contributed by atoms with E-state index >= 15 is 0 Å². The Bertz CT molecular complexity index is 772. The van der Waals surface area contributed by atoms with Crippen molar-refractivity contribution in [1.29, 1.82) is 0 Å². The summed E-state index contributed by atoms with van der Waals surface area (Å²) in [5.41, 5.74) is 1.05. The number of pyridine rings is 1. The highest BCUT2D eigenvalue weighted by Crippen LogP contribution is 2.28. The summed E-state index contributed by atoms with van der Waals surface area (Å²) in [5, 5.41) is 4.30. The Morgan fingerprint density at radius 2 is 2.00 bits per heavy atom. The van der Waals surface area contributed by atoms with Gasteiger partial charge in [0, 0.05) is 19.4 Å². The van der Waals surface area contributed by atoms with Crippen molar-refractivity contribution in [2.75, 3.05) is 4.72 Å². The Labute approximate surface area is 133 Å². The molecular formula is C12H14Cl2N4O2S. The SMILES string of the molecule is CC(C)c1nn(C)cc1NS(=O)(=O)c1cc(Cl)cnc1Cl. The molecule has 9 heteroatoms. The predicted molar refractivity (Wildman–Crippen MR) is 82.4 cm³/mol. The van der Waals surface area contributed by atoms with E-state index in [0.717, 1.165) is 0 Å². The van der Waals surface area contributed by atoms with E-state index < -0.39 is 10.0 Å². The maximum Gasteiger partial charge on any atom is 0.265 e. The minimum absolute atomic E-state index is 0.0665. The molecule has 0 saturated carbocycles. The van der Waals surface area contributed by atoms with E-state index in [2.05, 4.69) is 14.8 Å². The van der Waals surface area contributed by atoms with Crippen molar-refractivity contribution in [2.24, 2.45) is 7.05 Å². The molecule has 0 aliphatic rings. The van der Waals surface area contributed by atoms with E-state index in [4.69, 9.17) is 23.2 Å². The highest BCUT2D eigenvalue weighted by molar-refractivity contribution is 7.92. The third-order valence-electron chi connectivity index (χ3n) is 2.71. The van der Waals surface area contributed by atoms with Crippen LogP contribution in [0, 0.1) is 0 Å². The molecule has 1 N–H and O–H groups in total. The van der Waals surface area contributed by atoms with Gasteiger partial charge in [-0.05, 0) is 12.0 Å². The van der Waals surface area contributed by atoms with Gasteiger partial charge in [0.15, 0.2) is 0 Å². The van der Waals surface area contributed by atoms with Crippen molar-refractivity contribution in [3.63, 3.8) is 0 Å². The summed E-state index contributed by atoms with van der Waals surface area (Å²) in [6.45, 7) is 3.85. The van der Waals surface area contributed by atoms with Gasteiger partial charge in [0.25, 0.3) is 10.0 Å². The third kappa shape index (κ3) is 3.48. The number of sulfonamides is 1. The maximum absolute atomic E-state index is 12.4. The number of hydrogen-bond acceptors (Lipinski definition) is 4. The fourth-order valence-corrected chi connectivity index (χ4v) is 3.55. The highest BCUT2D eigenvalue weighted by Gasteiger charge is 2.23. The smallest absolute Gasteiger partial charge is 0.265 e. The van der Waals surface area contributed by atoms with Crippen LogP contribution in [0.2, 0.25) is 10.2 Å². The highest BCUT2D eigenvalue weighted by atomic mass is 35.5. The zero-order chi connectivity index (χ0) is 15.8. The fourth-order valence-electron chi connectivity index (χ4n) is 1.80. The summed E-state index contributed by atoms with van der Waals surface area (Å²) in [4.78, 5) is 3.57. The van der Waals surface area contributed by atoms with Gasteiger partial charge in [-0.15, -0.1) is 0 Å². The number of aromatic nitrogens is 3. The first kappa shape index (κ1) is 16.1. The number of nitrogens with one attached hydrogen (secondary N) is 1. The van der Waals surface area contributed by atoms with Crippen molar-refractivity contribution in [3.8, 4) is 0 Å². The predicted octanol–water partition coefficient (Wildman–Crippen LogP) is 3.05. The second-order valence-corrected chi connectivity index (χ2v) is 7.25. The van der Waals surface area contributed by atoms with Gasteiger partial charge in [0.1, 0.15) is 10.0 Å². The van der Waals surface area contributed by atoms with Crippen LogP contribution in [0.1, 0.15) is 25.5 Å². The van der Waals surface area contributed by atoms with Gasteiger partial charge < -0.3 is 0 Å². The zero-order valence-electron chi connectivity index (χ0n) is 11.6. The molecule has 114 valence electrons. The topological polar surface area (TPSA) is 76.9 Å². The van der Waals surface area contributed by atoms with Crippen molar-refractivity contribution in [1.82, 2.24) is 14.8 Å². The third-order valence-corrected chi connectivity index (χ3v) is 4.71. The summed E-state index contributed by atoms with van der Waals surface area (Å²) < 4.78 is 28.9. The molecule has 0 unspecified atom stereocenters. The molecule has 2 aromatic rings. The number of nitrogens with zero attached hydrogens (tertiary/aromatic N) is 3. The largest absolute Gasteiger partial charge is 0.276 e. The second-order valence-electron chi connectivity index (χ2n) is 4.80. The molecule has 2 heterocycles. The Balaban J connectivity index is 2.45. The average molecular weight is 349 g/mol. The summed E-state index contributed by atoms with van der Waals surface area (Å²) in [7, 11) is -2.17. The Morgan fingerprint density at radius 1 is 1.33 bits per heavy atom. The number of aryl methyl sites for hydroxylation is 1. The monoisotopic (exact) mass is 348 g/mol. The van der Waals surface area contributed by atoms with E-state index in [1.165, 1.54) is 12.3 Å². The number of halogens is 2. The van der Waals surface area contributed by atoms with Gasteiger partial charge in [-0.1, -0.05) is 37.0 Å². The Hall–Kier alpha value is -1.31. The van der Waals surface area contributed by atoms with Crippen LogP contribution < -0.4 is 4.72 Å². The van der Waals surface area contributed by atoms with E-state index in [9.17, 15) is 8.42 Å². The van der Waals surface area contributed by atoms with Crippen LogP contribution in [-0.4, -0.2) is 23.2 Å². The molecule has 0 spiro atoms. The molecule has 2 rings (SSSR count). The summed E-state index contributed by atoms with van der Waals surface area (Å²) in [6, 6.07) is 1.25. The summed E-state index contributed by atoms with van der Waals surface area (Å²) in [5.74, 6) is 0.0665. The van der Waals surface area contributed by atoms with Crippen molar-refractivity contribution in [3.05, 3.63) is 34.3 Å². The normalized spacial score (nSPS) is 11.9. The van der Waals surface area contributed by atoms with Crippen LogP contribution in [-0.2, 0) is 17.1 Å². The van der Waals surface area contributed by atoms with Crippen LogP contribution in [0.5, 0.6) is 0 Å². The van der Waals surface area contributed by atoms with E-state index in [1.54, 1.807) is 17.9 Å². The molecule has 2 aromatic heterocycles. The van der Waals surface area contributed by atoms with Crippen LogP contribution in [0.15, 0.2) is 23.4 Å². The van der Waals surface area contributed by atoms with Gasteiger partial charge >= 0.3 is 0 Å². The van der Waals surface area contributed by atoms with Crippen LogP contribution in [0.25, 0.3) is 0 Å². The van der Waals surface area contributed by atoms with E-state index in [0.29, 0.717) is 11.4 Å². The minimum atomic E-state index is -3.89. The van der Waals surface area contributed by atoms with Crippen LogP contribution in [0.4, 0.5) is 5.69 Å². The molecule has 0 saturated heterocycles. The van der Waals surface area contributed by atoms with Crippen LogP contribution >= 0.6 is 23.2 Å². The molecule has 0 aliphatic carbocycles. The number of rotatable bonds is 4. The molecule has 21 heavy (non-hydrogen) atoms. The molecular weight excluding hydrogens is 335 g/mol. The van der Waals surface area contributed by atoms with Crippen molar-refractivity contribution in [2.45, 2.75) is 24.7 Å². The van der Waals surface area contributed by atoms with E-state index in [1.807, 2.05) is 13.8 Å². The lowest BCUT2D eigenvalue weighted by Crippen LogP contribution is -2.15. The average Bonchev–Trinajstić information content (AvgIpc) is 2.72. The van der Waals surface area contributed by atoms with Gasteiger partial charge in [-0.3, -0.25) is 9.40 Å². The standard InChI is InChI=1S/C12H14Cl2N4O2S/c1-7(2)11-9(6-18(3)16-11)17-21(19,20)10-4-8(13)5-15-12(10)14/h4-7,17H,1-3H3. The molecule has 6 nitrogen and oxygen atoms in total. The molecule has 0 radical (unpaired) electrons. The Kier molecular flexibility index (Phi) is 4.46. The minimum Gasteiger partial charge on any atom is -0.276 e. The van der Waals surface area contributed by atoms with Crippen molar-refractivity contribution >= 4 is 38.9 Å². The molecule has 0 aliphatic heterocycles. The molecule has 0 amide bonds. The Morgan fingerprint density at radius 3 is 2.62 bits per heavy atom. The van der Waals surface area contributed by atoms with E-state index in [-0.39, 0.29) is 21.0 Å². The lowest BCUT2D eigenvalue weighted by Gasteiger charge is -2.10. The summed E-state index contributed by atoms with van der Waals surface area (Å²) >= 11 is 11.6. The number of anilines is 1. The maximum atomic E-state index is 12.4. The zero-order valence-corrected chi connectivity index (χ0v) is 14.0. The molecule has 0 fully saturated rings. The quantitative estimate of drug-likeness (QED) is 0.861. The van der Waals surface area contributed by atoms with Gasteiger partial charge in [-0.25, -0.2) is 13.4 Å². The van der Waals surface area contributed by atoms with Crippen molar-refractivity contribution < 1.29 is 8.42 Å². The molecule has 0 aromatic carbocycles. The lowest BCUT2D eigenvalue weighted by molar-refractivity contribution is 0.600. The lowest BCUT2D eigenvalue weighted by atomic mass is 10.1. The van der Waals surface area contributed by atoms with Gasteiger partial charge in [-0.2, -0.15) is 5.10 Å². The second kappa shape index (κ2) is 5.82. The van der Waals surface area contributed by atoms with Crippen LogP contribution in [0.3, 0.4) is 0 Å². The molecule has 0 bridgehead atoms. The summed E-state index contributed by atoms with van der Waals surface area (Å²) in [6.07, 6.45) is 2.88. The molecule has 0 atom stereocenters. The number of hydrogen-bond donors (Lipinski definition) is 1. The van der Waals surface area contributed by atoms with Gasteiger partial charge in [0.05, 0.1) is 16.4 Å². The van der Waals surface area contributed by atoms with Gasteiger partial charge in [0.2, 0.25) is 0 Å². The first-order valence-electron chi connectivity index (χ1n) is 6.08. The fraction of sp³-hybridized carbons (Fsp3) is 0.333.